The van der Waals surface area contributed by atoms with Crippen molar-refractivity contribution >= 4 is 34.0 Å². The van der Waals surface area contributed by atoms with Crippen LogP contribution in [0, 0.1) is 0 Å². The van der Waals surface area contributed by atoms with Crippen LogP contribution >= 0.6 is 11.3 Å². The number of benzene rings is 3. The van der Waals surface area contributed by atoms with Crippen LogP contribution in [0.2, 0.25) is 0 Å². The van der Waals surface area contributed by atoms with E-state index in [1.165, 1.54) is 11.3 Å². The van der Waals surface area contributed by atoms with E-state index in [0.29, 0.717) is 10.8 Å². The van der Waals surface area contributed by atoms with Crippen molar-refractivity contribution < 1.29 is 19.1 Å². The molecule has 2 N–H and O–H groups in total. The van der Waals surface area contributed by atoms with Crippen molar-refractivity contribution in [2.45, 2.75) is 12.3 Å². The molecule has 8 heteroatoms. The van der Waals surface area contributed by atoms with Crippen molar-refractivity contribution in [3.63, 3.8) is 0 Å². The number of anilines is 2. The first-order valence-corrected chi connectivity index (χ1v) is 11.9. The zero-order chi connectivity index (χ0) is 24.4. The first-order valence-electron chi connectivity index (χ1n) is 11.0. The molecule has 0 radical (unpaired) electrons. The normalized spacial score (nSPS) is 14.6. The lowest BCUT2D eigenvalue weighted by Gasteiger charge is -2.24. The van der Waals surface area contributed by atoms with Crippen molar-refractivity contribution in [2.75, 3.05) is 24.9 Å². The number of nitrogens with zero attached hydrogens (tertiary/aromatic N) is 1. The first kappa shape index (κ1) is 22.6. The maximum absolute atomic E-state index is 13.3. The van der Waals surface area contributed by atoms with E-state index in [0.717, 1.165) is 38.8 Å². The lowest BCUT2D eigenvalue weighted by Crippen LogP contribution is -2.30. The minimum absolute atomic E-state index is 0.0882. The Balaban J connectivity index is 1.50. The van der Waals surface area contributed by atoms with E-state index < -0.39 is 5.92 Å². The maximum Gasteiger partial charge on any atom is 0.234 e. The van der Waals surface area contributed by atoms with E-state index in [1.54, 1.807) is 20.3 Å². The highest BCUT2D eigenvalue weighted by atomic mass is 32.1. The highest BCUT2D eigenvalue weighted by Gasteiger charge is 2.31. The van der Waals surface area contributed by atoms with E-state index in [4.69, 9.17) is 14.5 Å². The number of carbonyl (C=O) groups is 2. The number of carbonyl (C=O) groups excluding carboxylic acids is 2. The molecule has 2 heterocycles. The zero-order valence-electron chi connectivity index (χ0n) is 19.2. The Labute approximate surface area is 206 Å². The van der Waals surface area contributed by atoms with Gasteiger partial charge in [-0.2, -0.15) is 0 Å². The molecule has 7 nitrogen and oxygen atoms in total. The Morgan fingerprint density at radius 1 is 0.943 bits per heavy atom. The number of aromatic nitrogens is 1. The van der Waals surface area contributed by atoms with Crippen LogP contribution in [0.4, 0.5) is 10.8 Å². The number of methoxy groups -OCH3 is 2. The zero-order valence-corrected chi connectivity index (χ0v) is 20.0. The topological polar surface area (TPSA) is 89.5 Å². The first-order chi connectivity index (χ1) is 17.1. The molecular formula is C27H23N3O4S. The summed E-state index contributed by atoms with van der Waals surface area (Å²) in [7, 11) is 3.25. The molecule has 176 valence electrons. The Hall–Kier alpha value is -4.17. The van der Waals surface area contributed by atoms with Crippen LogP contribution in [-0.4, -0.2) is 31.0 Å². The van der Waals surface area contributed by atoms with Crippen molar-refractivity contribution in [3.05, 3.63) is 78.4 Å². The minimum Gasteiger partial charge on any atom is -0.497 e. The molecule has 3 aromatic carbocycles. The number of rotatable bonds is 6. The molecular weight excluding hydrogens is 462 g/mol. The summed E-state index contributed by atoms with van der Waals surface area (Å²) < 4.78 is 10.6. The van der Waals surface area contributed by atoms with Gasteiger partial charge in [0.25, 0.3) is 0 Å². The average Bonchev–Trinajstić information content (AvgIpc) is 3.31. The van der Waals surface area contributed by atoms with Crippen molar-refractivity contribution in [1.82, 2.24) is 4.98 Å². The second-order valence-corrected chi connectivity index (χ2v) is 9.03. The van der Waals surface area contributed by atoms with Crippen LogP contribution in [0.5, 0.6) is 11.5 Å². The third kappa shape index (κ3) is 4.61. The second-order valence-electron chi connectivity index (χ2n) is 8.04. The van der Waals surface area contributed by atoms with Gasteiger partial charge < -0.3 is 20.1 Å². The molecule has 0 saturated heterocycles. The number of ether oxygens (including phenoxy) is 2. The minimum atomic E-state index is -0.585. The predicted octanol–water partition coefficient (Wildman–Crippen LogP) is 5.56. The molecule has 35 heavy (non-hydrogen) atoms. The van der Waals surface area contributed by atoms with Gasteiger partial charge in [0, 0.05) is 17.7 Å². The summed E-state index contributed by atoms with van der Waals surface area (Å²) in [6.45, 7) is 0. The van der Waals surface area contributed by atoms with Gasteiger partial charge in [-0.05, 0) is 65.7 Å². The molecule has 1 atom stereocenters. The van der Waals surface area contributed by atoms with Gasteiger partial charge in [0.05, 0.1) is 30.7 Å². The Morgan fingerprint density at radius 3 is 2.23 bits per heavy atom. The van der Waals surface area contributed by atoms with Crippen LogP contribution in [0.1, 0.15) is 17.9 Å². The van der Waals surface area contributed by atoms with Crippen LogP contribution < -0.4 is 20.1 Å². The van der Waals surface area contributed by atoms with Crippen molar-refractivity contribution in [2.24, 2.45) is 0 Å². The Morgan fingerprint density at radius 2 is 1.57 bits per heavy atom. The molecule has 1 aromatic heterocycles. The van der Waals surface area contributed by atoms with E-state index in [-0.39, 0.29) is 18.2 Å². The van der Waals surface area contributed by atoms with Crippen molar-refractivity contribution in [3.8, 4) is 33.2 Å². The Kier molecular flexibility index (Phi) is 6.20. The van der Waals surface area contributed by atoms with E-state index in [2.05, 4.69) is 10.6 Å². The summed E-state index contributed by atoms with van der Waals surface area (Å²) >= 11 is 1.39. The van der Waals surface area contributed by atoms with E-state index in [1.807, 2.05) is 66.7 Å². The summed E-state index contributed by atoms with van der Waals surface area (Å²) in [5, 5.41) is 6.26. The maximum atomic E-state index is 13.3. The molecule has 5 rings (SSSR count). The summed E-state index contributed by atoms with van der Waals surface area (Å²) in [4.78, 5) is 31.2. The molecule has 0 fully saturated rings. The summed E-state index contributed by atoms with van der Waals surface area (Å²) in [6, 6.07) is 22.7. The molecule has 0 saturated carbocycles. The fourth-order valence-electron chi connectivity index (χ4n) is 4.09. The second kappa shape index (κ2) is 9.60. The monoisotopic (exact) mass is 485 g/mol. The lowest BCUT2D eigenvalue weighted by molar-refractivity contribution is -0.123. The van der Waals surface area contributed by atoms with Gasteiger partial charge >= 0.3 is 0 Å². The molecule has 1 aliphatic heterocycles. The number of thiazole rings is 1. The molecule has 2 amide bonds. The molecule has 0 bridgehead atoms. The number of hydrogen-bond donors (Lipinski definition) is 2. The largest absolute Gasteiger partial charge is 0.497 e. The molecule has 0 spiro atoms. The fourth-order valence-corrected chi connectivity index (χ4v) is 5.09. The van der Waals surface area contributed by atoms with Gasteiger partial charge in [-0.1, -0.05) is 29.5 Å². The fraction of sp³-hybridized carbons (Fsp3) is 0.148. The van der Waals surface area contributed by atoms with Crippen LogP contribution in [0.3, 0.4) is 0 Å². The Bertz CT molecular complexity index is 1320. The molecule has 1 unspecified atom stereocenters. The van der Waals surface area contributed by atoms with E-state index in [9.17, 15) is 9.59 Å². The van der Waals surface area contributed by atoms with Gasteiger partial charge in [-0.3, -0.25) is 9.59 Å². The standard InChI is InChI=1S/C27H23N3O4S/c1-33-18-11-7-16(8-12-18)24-25(17-9-13-19(34-2)14-10-17)35-27(29-24)30-26(32)21-15-23(31)28-22-6-4-3-5-20(21)22/h3-14,21H,15H2,1-2H3,(H,28,31)(H,29,30,32). The van der Waals surface area contributed by atoms with Gasteiger partial charge in [-0.25, -0.2) is 4.98 Å². The number of amides is 2. The lowest BCUT2D eigenvalue weighted by atomic mass is 9.90. The number of nitrogens with one attached hydrogen (secondary N) is 2. The molecule has 0 aliphatic carbocycles. The van der Waals surface area contributed by atoms with Gasteiger partial charge in [0.15, 0.2) is 5.13 Å². The third-order valence-corrected chi connectivity index (χ3v) is 6.91. The smallest absolute Gasteiger partial charge is 0.234 e. The average molecular weight is 486 g/mol. The highest BCUT2D eigenvalue weighted by Crippen LogP contribution is 2.41. The predicted molar refractivity (Wildman–Crippen MR) is 137 cm³/mol. The van der Waals surface area contributed by atoms with Gasteiger partial charge in [0.2, 0.25) is 11.8 Å². The van der Waals surface area contributed by atoms with Crippen LogP contribution in [0.15, 0.2) is 72.8 Å². The van der Waals surface area contributed by atoms with Gasteiger partial charge in [-0.15, -0.1) is 0 Å². The summed E-state index contributed by atoms with van der Waals surface area (Å²) in [6.07, 6.45) is 0.0882. The number of fused-ring (bicyclic) bond motifs is 1. The quantitative estimate of drug-likeness (QED) is 0.373. The molecule has 4 aromatic rings. The molecule has 1 aliphatic rings. The summed E-state index contributed by atoms with van der Waals surface area (Å²) in [5.74, 6) is 0.479. The SMILES string of the molecule is COc1ccc(-c2nc(NC(=O)C3CC(=O)Nc4ccccc43)sc2-c2ccc(OC)cc2)cc1. The number of hydrogen-bond acceptors (Lipinski definition) is 6. The summed E-state index contributed by atoms with van der Waals surface area (Å²) in [5.41, 5.74) is 4.07. The van der Waals surface area contributed by atoms with Gasteiger partial charge in [0.1, 0.15) is 11.5 Å². The third-order valence-electron chi connectivity index (χ3n) is 5.89. The van der Waals surface area contributed by atoms with Crippen LogP contribution in [0.25, 0.3) is 21.7 Å². The van der Waals surface area contributed by atoms with Crippen LogP contribution in [-0.2, 0) is 9.59 Å². The van der Waals surface area contributed by atoms with Crippen molar-refractivity contribution in [1.29, 1.82) is 0 Å². The highest BCUT2D eigenvalue weighted by molar-refractivity contribution is 7.19. The van der Waals surface area contributed by atoms with E-state index >= 15 is 0 Å². The number of para-hydroxylation sites is 1.